The van der Waals surface area contributed by atoms with E-state index in [1.165, 1.54) is 12.8 Å². The van der Waals surface area contributed by atoms with Gasteiger partial charge in [-0.3, -0.25) is 0 Å². The summed E-state index contributed by atoms with van der Waals surface area (Å²) in [4.78, 5) is 12.4. The van der Waals surface area contributed by atoms with Crippen LogP contribution in [0.5, 0.6) is 5.88 Å². The van der Waals surface area contributed by atoms with Gasteiger partial charge in [0, 0.05) is 6.07 Å². The molecule has 1 fully saturated rings. The number of nitrogens with zero attached hydrogens (tertiary/aromatic N) is 2. The first-order valence-electron chi connectivity index (χ1n) is 6.96. The van der Waals surface area contributed by atoms with E-state index in [0.29, 0.717) is 12.5 Å². The maximum atomic E-state index is 5.41. The second-order valence-corrected chi connectivity index (χ2v) is 5.26. The number of fused-ring (bicyclic) bond motifs is 1. The van der Waals surface area contributed by atoms with E-state index in [1.807, 2.05) is 19.1 Å². The molecule has 0 aromatic carbocycles. The zero-order chi connectivity index (χ0) is 13.3. The van der Waals surface area contributed by atoms with E-state index in [1.54, 1.807) is 0 Å². The van der Waals surface area contributed by atoms with Gasteiger partial charge in [0.15, 0.2) is 5.65 Å². The molecule has 19 heavy (non-hydrogen) atoms. The van der Waals surface area contributed by atoms with Gasteiger partial charge in [0.25, 0.3) is 0 Å². The number of piperidine rings is 1. The molecule has 5 nitrogen and oxygen atoms in total. The van der Waals surface area contributed by atoms with Crippen molar-refractivity contribution in [3.63, 3.8) is 0 Å². The predicted molar refractivity (Wildman–Crippen MR) is 74.3 cm³/mol. The Bertz CT molecular complexity index is 572. The molecular formula is C14H20N4O. The average Bonchev–Trinajstić information content (AvgIpc) is 2.84. The van der Waals surface area contributed by atoms with Crippen molar-refractivity contribution >= 4 is 11.2 Å². The second-order valence-electron chi connectivity index (χ2n) is 5.26. The number of rotatable bonds is 3. The van der Waals surface area contributed by atoms with Crippen LogP contribution in [0.4, 0.5) is 0 Å². The molecule has 1 atom stereocenters. The van der Waals surface area contributed by atoms with E-state index in [0.717, 1.165) is 30.0 Å². The molecular weight excluding hydrogens is 240 g/mol. The van der Waals surface area contributed by atoms with Gasteiger partial charge in [-0.15, -0.1) is 0 Å². The van der Waals surface area contributed by atoms with Crippen molar-refractivity contribution in [1.29, 1.82) is 0 Å². The predicted octanol–water partition coefficient (Wildman–Crippen LogP) is 2.35. The number of ether oxygens (including phenoxy) is 1. The monoisotopic (exact) mass is 260 g/mol. The Balaban J connectivity index is 1.96. The summed E-state index contributed by atoms with van der Waals surface area (Å²) in [5.74, 6) is 1.61. The number of hydrogen-bond donors (Lipinski definition) is 2. The van der Waals surface area contributed by atoms with Crippen LogP contribution in [0.3, 0.4) is 0 Å². The van der Waals surface area contributed by atoms with Crippen molar-refractivity contribution in [3.8, 4) is 5.88 Å². The summed E-state index contributed by atoms with van der Waals surface area (Å²) < 4.78 is 5.41. The van der Waals surface area contributed by atoms with E-state index in [4.69, 9.17) is 4.74 Å². The molecule has 102 valence electrons. The van der Waals surface area contributed by atoms with E-state index >= 15 is 0 Å². The third kappa shape index (κ3) is 2.30. The van der Waals surface area contributed by atoms with Gasteiger partial charge in [0.1, 0.15) is 5.82 Å². The lowest BCUT2D eigenvalue weighted by molar-refractivity contribution is 0.271. The van der Waals surface area contributed by atoms with Gasteiger partial charge < -0.3 is 15.0 Å². The average molecular weight is 260 g/mol. The van der Waals surface area contributed by atoms with Gasteiger partial charge in [0.2, 0.25) is 5.88 Å². The molecule has 0 amide bonds. The first kappa shape index (κ1) is 12.4. The van der Waals surface area contributed by atoms with Crippen molar-refractivity contribution in [2.75, 3.05) is 13.2 Å². The van der Waals surface area contributed by atoms with Gasteiger partial charge in [0.05, 0.1) is 17.7 Å². The molecule has 1 aliphatic heterocycles. The Hall–Kier alpha value is -1.62. The highest BCUT2D eigenvalue weighted by Gasteiger charge is 2.31. The van der Waals surface area contributed by atoms with Crippen molar-refractivity contribution in [2.24, 2.45) is 0 Å². The molecule has 1 unspecified atom stereocenters. The lowest BCUT2D eigenvalue weighted by atomic mass is 9.90. The minimum absolute atomic E-state index is 0.0648. The zero-order valence-corrected chi connectivity index (χ0v) is 11.5. The van der Waals surface area contributed by atoms with Crippen LogP contribution >= 0.6 is 0 Å². The normalized spacial score (nSPS) is 23.7. The zero-order valence-electron chi connectivity index (χ0n) is 11.5. The molecule has 2 aromatic heterocycles. The third-order valence-corrected chi connectivity index (χ3v) is 3.75. The second kappa shape index (κ2) is 4.81. The van der Waals surface area contributed by atoms with Crippen molar-refractivity contribution in [3.05, 3.63) is 18.0 Å². The number of aromatic nitrogens is 3. The minimum Gasteiger partial charge on any atom is -0.478 e. The van der Waals surface area contributed by atoms with Crippen molar-refractivity contribution in [1.82, 2.24) is 20.3 Å². The first-order valence-corrected chi connectivity index (χ1v) is 6.96. The van der Waals surface area contributed by atoms with Crippen LogP contribution in [-0.4, -0.2) is 28.1 Å². The number of hydrogen-bond acceptors (Lipinski definition) is 4. The summed E-state index contributed by atoms with van der Waals surface area (Å²) in [6.45, 7) is 5.82. The van der Waals surface area contributed by atoms with E-state index in [2.05, 4.69) is 27.2 Å². The lowest BCUT2D eigenvalue weighted by Crippen LogP contribution is -2.44. The van der Waals surface area contributed by atoms with Crippen LogP contribution in [0.15, 0.2) is 12.1 Å². The molecule has 1 aliphatic rings. The molecule has 0 aliphatic carbocycles. The highest BCUT2D eigenvalue weighted by atomic mass is 16.5. The topological polar surface area (TPSA) is 62.8 Å². The summed E-state index contributed by atoms with van der Waals surface area (Å²) >= 11 is 0. The van der Waals surface area contributed by atoms with Gasteiger partial charge >= 0.3 is 0 Å². The molecule has 0 radical (unpaired) electrons. The molecule has 3 rings (SSSR count). The maximum absolute atomic E-state index is 5.41. The van der Waals surface area contributed by atoms with Crippen LogP contribution in [0.25, 0.3) is 11.2 Å². The first-order chi connectivity index (χ1) is 9.21. The molecule has 0 bridgehead atoms. The quantitative estimate of drug-likeness (QED) is 0.889. The fourth-order valence-corrected chi connectivity index (χ4v) is 2.62. The molecule has 0 saturated carbocycles. The number of nitrogens with one attached hydrogen (secondary N) is 2. The Labute approximate surface area is 112 Å². The third-order valence-electron chi connectivity index (χ3n) is 3.75. The van der Waals surface area contributed by atoms with Gasteiger partial charge in [-0.2, -0.15) is 4.98 Å². The molecule has 5 heteroatoms. The molecule has 0 spiro atoms. The Morgan fingerprint density at radius 3 is 2.95 bits per heavy atom. The number of H-pyrrole nitrogens is 1. The summed E-state index contributed by atoms with van der Waals surface area (Å²) in [6.07, 6.45) is 3.58. The standard InChI is InChI=1S/C14H20N4O/c1-3-19-11-7-6-10-12(17-11)18-13(16-10)14(2)8-4-5-9-15-14/h6-7,15H,3-5,8-9H2,1-2H3,(H,16,17,18). The van der Waals surface area contributed by atoms with E-state index < -0.39 is 0 Å². The fourth-order valence-electron chi connectivity index (χ4n) is 2.62. The van der Waals surface area contributed by atoms with E-state index in [-0.39, 0.29) is 5.54 Å². The van der Waals surface area contributed by atoms with Gasteiger partial charge in [-0.1, -0.05) is 0 Å². The fraction of sp³-hybridized carbons (Fsp3) is 0.571. The Morgan fingerprint density at radius 1 is 1.32 bits per heavy atom. The van der Waals surface area contributed by atoms with E-state index in [9.17, 15) is 0 Å². The Morgan fingerprint density at radius 2 is 2.21 bits per heavy atom. The highest BCUT2D eigenvalue weighted by molar-refractivity contribution is 5.71. The van der Waals surface area contributed by atoms with Crippen molar-refractivity contribution in [2.45, 2.75) is 38.6 Å². The highest BCUT2D eigenvalue weighted by Crippen LogP contribution is 2.29. The van der Waals surface area contributed by atoms with Crippen LogP contribution in [-0.2, 0) is 5.54 Å². The Kier molecular flexibility index (Phi) is 3.14. The van der Waals surface area contributed by atoms with Gasteiger partial charge in [-0.25, -0.2) is 4.98 Å². The molecule has 3 heterocycles. The van der Waals surface area contributed by atoms with Gasteiger partial charge in [-0.05, 0) is 45.7 Å². The SMILES string of the molecule is CCOc1ccc2[nH]c(C3(C)CCCCN3)nc2n1. The molecule has 2 aromatic rings. The number of pyridine rings is 1. The number of aromatic amines is 1. The van der Waals surface area contributed by atoms with Crippen LogP contribution < -0.4 is 10.1 Å². The lowest BCUT2D eigenvalue weighted by Gasteiger charge is -2.32. The summed E-state index contributed by atoms with van der Waals surface area (Å²) in [5.41, 5.74) is 1.63. The number of imidazole rings is 1. The largest absolute Gasteiger partial charge is 0.478 e. The summed E-state index contributed by atoms with van der Waals surface area (Å²) in [5, 5.41) is 3.56. The molecule has 2 N–H and O–H groups in total. The molecule has 1 saturated heterocycles. The smallest absolute Gasteiger partial charge is 0.215 e. The maximum Gasteiger partial charge on any atom is 0.215 e. The van der Waals surface area contributed by atoms with Crippen LogP contribution in [0.2, 0.25) is 0 Å². The van der Waals surface area contributed by atoms with Crippen LogP contribution in [0.1, 0.15) is 38.9 Å². The summed E-state index contributed by atoms with van der Waals surface area (Å²) in [6, 6.07) is 3.86. The minimum atomic E-state index is -0.0648. The van der Waals surface area contributed by atoms with Crippen molar-refractivity contribution < 1.29 is 4.74 Å². The van der Waals surface area contributed by atoms with Crippen LogP contribution in [0, 0.1) is 0 Å². The summed E-state index contributed by atoms with van der Waals surface area (Å²) in [7, 11) is 0.